The molecule has 1 heterocycles. The summed E-state index contributed by atoms with van der Waals surface area (Å²) in [5.41, 5.74) is 0.719. The van der Waals surface area contributed by atoms with Crippen LogP contribution in [0.4, 0.5) is 0 Å². The second-order valence-corrected chi connectivity index (χ2v) is 6.19. The maximum Gasteiger partial charge on any atom is 0.268 e. The van der Waals surface area contributed by atoms with Crippen molar-refractivity contribution in [1.29, 1.82) is 5.26 Å². The molecular weight excluding hydrogens is 318 g/mol. The van der Waals surface area contributed by atoms with Gasteiger partial charge in [0, 0.05) is 15.4 Å². The van der Waals surface area contributed by atoms with Gasteiger partial charge in [0.2, 0.25) is 0 Å². The molecule has 102 valence electrons. The molecule has 3 rings (SSSR count). The molecule has 0 atom stereocenters. The lowest BCUT2D eigenvalue weighted by molar-refractivity contribution is 0.0916. The summed E-state index contributed by atoms with van der Waals surface area (Å²) < 4.78 is 0.961. The first-order chi connectivity index (χ1) is 9.62. The van der Waals surface area contributed by atoms with Crippen molar-refractivity contribution >= 4 is 32.7 Å². The third-order valence-corrected chi connectivity index (χ3v) is 4.35. The number of carbonyl (C=O) groups excluding carboxylic acids is 1. The maximum absolute atomic E-state index is 12.3. The molecule has 0 radical (unpaired) electrons. The van der Waals surface area contributed by atoms with Crippen molar-refractivity contribution in [3.8, 4) is 6.07 Å². The Labute approximate surface area is 125 Å². The minimum Gasteiger partial charge on any atom is -0.350 e. The number of nitriles is 1. The molecule has 1 aliphatic rings. The second-order valence-electron chi connectivity index (χ2n) is 5.27. The minimum absolute atomic E-state index is 0.208. The first-order valence-corrected chi connectivity index (χ1v) is 7.43. The first kappa shape index (κ1) is 13.2. The highest BCUT2D eigenvalue weighted by molar-refractivity contribution is 9.10. The number of halogens is 1. The molecule has 1 aromatic carbocycles. The van der Waals surface area contributed by atoms with Gasteiger partial charge in [0.15, 0.2) is 0 Å². The summed E-state index contributed by atoms with van der Waals surface area (Å²) in [7, 11) is 0. The molecule has 1 amide bonds. The van der Waals surface area contributed by atoms with Crippen molar-refractivity contribution in [1.82, 2.24) is 10.3 Å². The van der Waals surface area contributed by atoms with E-state index in [0.29, 0.717) is 5.69 Å². The van der Waals surface area contributed by atoms with Crippen LogP contribution in [0.25, 0.3) is 10.9 Å². The average molecular weight is 332 g/mol. The monoisotopic (exact) mass is 331 g/mol. The molecule has 1 fully saturated rings. The largest absolute Gasteiger partial charge is 0.350 e. The van der Waals surface area contributed by atoms with E-state index in [1.165, 1.54) is 0 Å². The topological polar surface area (TPSA) is 68.7 Å². The Balaban J connectivity index is 1.87. The van der Waals surface area contributed by atoms with Gasteiger partial charge in [-0.25, -0.2) is 0 Å². The molecule has 0 unspecified atom stereocenters. The highest BCUT2D eigenvalue weighted by Gasteiger charge is 2.35. The number of fused-ring (bicyclic) bond motifs is 1. The normalized spacial score (nSPS) is 17.0. The van der Waals surface area contributed by atoms with Crippen molar-refractivity contribution < 1.29 is 4.79 Å². The van der Waals surface area contributed by atoms with E-state index >= 15 is 0 Å². The Morgan fingerprint density at radius 3 is 2.80 bits per heavy atom. The van der Waals surface area contributed by atoms with E-state index < -0.39 is 5.54 Å². The number of aromatic amines is 1. The third kappa shape index (κ3) is 2.32. The predicted molar refractivity (Wildman–Crippen MR) is 80.3 cm³/mol. The van der Waals surface area contributed by atoms with Crippen molar-refractivity contribution in [3.05, 3.63) is 34.4 Å². The lowest BCUT2D eigenvalue weighted by atomic mass is 10.00. The van der Waals surface area contributed by atoms with Crippen LogP contribution in [-0.2, 0) is 0 Å². The summed E-state index contributed by atoms with van der Waals surface area (Å²) in [4.78, 5) is 15.4. The summed E-state index contributed by atoms with van der Waals surface area (Å²) in [6.45, 7) is 0. The second kappa shape index (κ2) is 4.95. The lowest BCUT2D eigenvalue weighted by Gasteiger charge is -2.21. The fraction of sp³-hybridized carbons (Fsp3) is 0.333. The highest BCUT2D eigenvalue weighted by atomic mass is 79.9. The number of nitrogens with one attached hydrogen (secondary N) is 2. The van der Waals surface area contributed by atoms with Gasteiger partial charge in [-0.05, 0) is 43.9 Å². The van der Waals surface area contributed by atoms with Gasteiger partial charge in [0.25, 0.3) is 5.91 Å². The molecule has 20 heavy (non-hydrogen) atoms. The van der Waals surface area contributed by atoms with E-state index in [9.17, 15) is 10.1 Å². The van der Waals surface area contributed by atoms with Crippen LogP contribution in [0.15, 0.2) is 28.7 Å². The Bertz CT molecular complexity index is 707. The number of benzene rings is 1. The number of hydrogen-bond donors (Lipinski definition) is 2. The fourth-order valence-corrected chi connectivity index (χ4v) is 3.11. The Kier molecular flexibility index (Phi) is 3.27. The summed E-state index contributed by atoms with van der Waals surface area (Å²) in [6, 6.07) is 9.90. The SMILES string of the molecule is N#CC1(NC(=O)c2cc3ccc(Br)cc3[nH]2)CCCC1. The van der Waals surface area contributed by atoms with Crippen LogP contribution in [0.2, 0.25) is 0 Å². The number of aromatic nitrogens is 1. The molecule has 0 aliphatic heterocycles. The molecule has 2 N–H and O–H groups in total. The highest BCUT2D eigenvalue weighted by Crippen LogP contribution is 2.29. The Morgan fingerprint density at radius 2 is 2.10 bits per heavy atom. The maximum atomic E-state index is 12.3. The summed E-state index contributed by atoms with van der Waals surface area (Å²) >= 11 is 3.41. The van der Waals surface area contributed by atoms with E-state index in [2.05, 4.69) is 32.3 Å². The van der Waals surface area contributed by atoms with E-state index in [4.69, 9.17) is 0 Å². The van der Waals surface area contributed by atoms with Gasteiger partial charge in [-0.2, -0.15) is 5.26 Å². The Hall–Kier alpha value is -1.80. The van der Waals surface area contributed by atoms with Gasteiger partial charge in [-0.3, -0.25) is 4.79 Å². The molecule has 1 aromatic heterocycles. The average Bonchev–Trinajstić information content (AvgIpc) is 3.05. The minimum atomic E-state index is -0.686. The van der Waals surface area contributed by atoms with Crippen LogP contribution >= 0.6 is 15.9 Å². The molecule has 0 saturated heterocycles. The molecular formula is C15H14BrN3O. The standard InChI is InChI=1S/C15H14BrN3O/c16-11-4-3-10-7-13(18-12(10)8-11)14(20)19-15(9-17)5-1-2-6-15/h3-4,7-8,18H,1-2,5-6H2,(H,19,20). The number of amides is 1. The Morgan fingerprint density at radius 1 is 1.35 bits per heavy atom. The number of rotatable bonds is 2. The van der Waals surface area contributed by atoms with E-state index in [1.54, 1.807) is 0 Å². The van der Waals surface area contributed by atoms with Crippen LogP contribution < -0.4 is 5.32 Å². The van der Waals surface area contributed by atoms with E-state index in [-0.39, 0.29) is 5.91 Å². The van der Waals surface area contributed by atoms with Gasteiger partial charge >= 0.3 is 0 Å². The van der Waals surface area contributed by atoms with Crippen LogP contribution in [0.1, 0.15) is 36.2 Å². The molecule has 1 aliphatic carbocycles. The van der Waals surface area contributed by atoms with Crippen molar-refractivity contribution in [3.63, 3.8) is 0 Å². The summed E-state index contributed by atoms with van der Waals surface area (Å²) in [5.74, 6) is -0.208. The van der Waals surface area contributed by atoms with Crippen LogP contribution in [-0.4, -0.2) is 16.4 Å². The third-order valence-electron chi connectivity index (χ3n) is 3.85. The molecule has 0 spiro atoms. The number of carbonyl (C=O) groups is 1. The molecule has 4 nitrogen and oxygen atoms in total. The van der Waals surface area contributed by atoms with Gasteiger partial charge in [0.05, 0.1) is 6.07 Å². The van der Waals surface area contributed by atoms with Crippen molar-refractivity contribution in [2.45, 2.75) is 31.2 Å². The zero-order valence-electron chi connectivity index (χ0n) is 10.9. The van der Waals surface area contributed by atoms with Gasteiger partial charge < -0.3 is 10.3 Å². The van der Waals surface area contributed by atoms with Gasteiger partial charge in [0.1, 0.15) is 11.2 Å². The fourth-order valence-electron chi connectivity index (χ4n) is 2.75. The molecule has 0 bridgehead atoms. The summed E-state index contributed by atoms with van der Waals surface area (Å²) in [6.07, 6.45) is 3.46. The number of H-pyrrole nitrogens is 1. The zero-order valence-corrected chi connectivity index (χ0v) is 12.5. The quantitative estimate of drug-likeness (QED) is 0.884. The van der Waals surface area contributed by atoms with Gasteiger partial charge in [-0.15, -0.1) is 0 Å². The van der Waals surface area contributed by atoms with Crippen molar-refractivity contribution in [2.24, 2.45) is 0 Å². The first-order valence-electron chi connectivity index (χ1n) is 6.64. The lowest BCUT2D eigenvalue weighted by Crippen LogP contribution is -2.45. The van der Waals surface area contributed by atoms with E-state index in [1.807, 2.05) is 24.3 Å². The van der Waals surface area contributed by atoms with Crippen molar-refractivity contribution in [2.75, 3.05) is 0 Å². The van der Waals surface area contributed by atoms with E-state index in [0.717, 1.165) is 41.1 Å². The van der Waals surface area contributed by atoms with Gasteiger partial charge in [-0.1, -0.05) is 22.0 Å². The smallest absolute Gasteiger partial charge is 0.268 e. The summed E-state index contributed by atoms with van der Waals surface area (Å²) in [5, 5.41) is 13.2. The number of nitrogens with zero attached hydrogens (tertiary/aromatic N) is 1. The zero-order chi connectivity index (χ0) is 14.2. The number of hydrogen-bond acceptors (Lipinski definition) is 2. The molecule has 1 saturated carbocycles. The molecule has 2 aromatic rings. The van der Waals surface area contributed by atoms with Crippen LogP contribution in [0, 0.1) is 11.3 Å². The molecule has 5 heteroatoms. The van der Waals surface area contributed by atoms with Crippen LogP contribution in [0.5, 0.6) is 0 Å². The van der Waals surface area contributed by atoms with Crippen LogP contribution in [0.3, 0.4) is 0 Å². The predicted octanol–water partition coefficient (Wildman–Crippen LogP) is 3.50.